The number of rotatable bonds is 4. The van der Waals surface area contributed by atoms with E-state index in [4.69, 9.17) is 4.74 Å². The molecule has 0 heterocycles. The predicted molar refractivity (Wildman–Crippen MR) is 66.5 cm³/mol. The lowest BCUT2D eigenvalue weighted by atomic mass is 10.1. The second kappa shape index (κ2) is 5.66. The summed E-state index contributed by atoms with van der Waals surface area (Å²) >= 11 is 3.35. The summed E-state index contributed by atoms with van der Waals surface area (Å²) in [7, 11) is 0. The zero-order valence-corrected chi connectivity index (χ0v) is 11.2. The van der Waals surface area contributed by atoms with Crippen LogP contribution in [-0.2, 0) is 0 Å². The molecule has 0 amide bonds. The highest BCUT2D eigenvalue weighted by Gasteiger charge is 2.15. The van der Waals surface area contributed by atoms with Gasteiger partial charge in [0.15, 0.2) is 0 Å². The highest BCUT2D eigenvalue weighted by molar-refractivity contribution is 9.10. The molecule has 2 N–H and O–H groups in total. The van der Waals surface area contributed by atoms with E-state index in [2.05, 4.69) is 15.9 Å². The van der Waals surface area contributed by atoms with Gasteiger partial charge in [-0.05, 0) is 32.9 Å². The van der Waals surface area contributed by atoms with Gasteiger partial charge in [-0.2, -0.15) is 0 Å². The van der Waals surface area contributed by atoms with Crippen molar-refractivity contribution in [1.82, 2.24) is 0 Å². The Bertz CT molecular complexity index is 350. The van der Waals surface area contributed by atoms with Crippen molar-refractivity contribution >= 4 is 15.9 Å². The lowest BCUT2D eigenvalue weighted by Gasteiger charge is -2.20. The Morgan fingerprint density at radius 2 is 1.81 bits per heavy atom. The van der Waals surface area contributed by atoms with Crippen LogP contribution in [0.1, 0.15) is 32.4 Å². The molecule has 0 radical (unpaired) electrons. The van der Waals surface area contributed by atoms with Crippen LogP contribution in [0.4, 0.5) is 0 Å². The molecule has 0 spiro atoms. The van der Waals surface area contributed by atoms with Crippen molar-refractivity contribution < 1.29 is 14.9 Å². The number of hydrogen-bond donors (Lipinski definition) is 2. The van der Waals surface area contributed by atoms with E-state index < -0.39 is 12.2 Å². The quantitative estimate of drug-likeness (QED) is 0.896. The minimum atomic E-state index is -0.593. The van der Waals surface area contributed by atoms with Gasteiger partial charge in [-0.3, -0.25) is 0 Å². The van der Waals surface area contributed by atoms with Gasteiger partial charge in [0.2, 0.25) is 0 Å². The normalized spacial score (nSPS) is 16.6. The minimum absolute atomic E-state index is 0.313. The first kappa shape index (κ1) is 13.5. The Morgan fingerprint density at radius 1 is 1.19 bits per heavy atom. The van der Waals surface area contributed by atoms with Crippen LogP contribution in [0.3, 0.4) is 0 Å². The predicted octanol–water partition coefficient (Wildman–Crippen LogP) is 2.65. The largest absolute Gasteiger partial charge is 0.488 e. The van der Waals surface area contributed by atoms with Gasteiger partial charge in [0.05, 0.1) is 12.2 Å². The zero-order chi connectivity index (χ0) is 12.3. The third-order valence-electron chi connectivity index (χ3n) is 2.42. The van der Waals surface area contributed by atoms with E-state index in [0.717, 1.165) is 10.0 Å². The van der Waals surface area contributed by atoms with Crippen LogP contribution in [-0.4, -0.2) is 22.4 Å². The molecule has 0 aromatic heterocycles. The van der Waals surface area contributed by atoms with Crippen molar-refractivity contribution in [2.24, 2.45) is 0 Å². The molecule has 0 fully saturated rings. The molecule has 1 rings (SSSR count). The van der Waals surface area contributed by atoms with E-state index in [0.29, 0.717) is 5.75 Å². The van der Waals surface area contributed by atoms with Gasteiger partial charge in [0.25, 0.3) is 0 Å². The zero-order valence-electron chi connectivity index (χ0n) is 9.64. The fourth-order valence-electron chi connectivity index (χ4n) is 1.25. The van der Waals surface area contributed by atoms with E-state index >= 15 is 0 Å². The monoisotopic (exact) mass is 288 g/mol. The summed E-state index contributed by atoms with van der Waals surface area (Å²) in [5.41, 5.74) is 0.718. The maximum Gasteiger partial charge on any atom is 0.126 e. The van der Waals surface area contributed by atoms with Crippen molar-refractivity contribution in [1.29, 1.82) is 0 Å². The van der Waals surface area contributed by atoms with Crippen LogP contribution in [0.25, 0.3) is 0 Å². The number of benzene rings is 1. The van der Waals surface area contributed by atoms with Crippen molar-refractivity contribution in [3.63, 3.8) is 0 Å². The van der Waals surface area contributed by atoms with Crippen LogP contribution in [0.15, 0.2) is 22.7 Å². The molecule has 0 aliphatic carbocycles. The van der Waals surface area contributed by atoms with Gasteiger partial charge in [-0.25, -0.2) is 0 Å². The smallest absolute Gasteiger partial charge is 0.126 e. The molecule has 4 heteroatoms. The van der Waals surface area contributed by atoms with Crippen molar-refractivity contribution in [3.8, 4) is 5.75 Å². The summed E-state index contributed by atoms with van der Waals surface area (Å²) in [5.74, 6) is 0.595. The standard InChI is InChI=1S/C12H17BrO3/c1-7(14)9(3)16-12-6-10(13)4-5-11(12)8(2)15/h4-9,14-15H,1-3H3/t7?,8-,9?/m1/s1. The average Bonchev–Trinajstić information content (AvgIpc) is 2.16. The molecule has 0 saturated heterocycles. The van der Waals surface area contributed by atoms with Gasteiger partial charge < -0.3 is 14.9 Å². The van der Waals surface area contributed by atoms with E-state index in [9.17, 15) is 10.2 Å². The van der Waals surface area contributed by atoms with Crippen molar-refractivity contribution in [3.05, 3.63) is 28.2 Å². The van der Waals surface area contributed by atoms with Crippen molar-refractivity contribution in [2.75, 3.05) is 0 Å². The molecule has 90 valence electrons. The fraction of sp³-hybridized carbons (Fsp3) is 0.500. The highest BCUT2D eigenvalue weighted by Crippen LogP contribution is 2.29. The third-order valence-corrected chi connectivity index (χ3v) is 2.91. The molecule has 2 unspecified atom stereocenters. The number of halogens is 1. The molecule has 0 bridgehead atoms. The number of aliphatic hydroxyl groups is 2. The molecule has 3 nitrogen and oxygen atoms in total. The first-order chi connectivity index (χ1) is 7.41. The van der Waals surface area contributed by atoms with Gasteiger partial charge in [-0.1, -0.05) is 22.0 Å². The highest BCUT2D eigenvalue weighted by atomic mass is 79.9. The Hall–Kier alpha value is -0.580. The SMILES string of the molecule is CC(O)C(C)Oc1cc(Br)ccc1[C@@H](C)O. The summed E-state index contributed by atoms with van der Waals surface area (Å²) in [5, 5.41) is 19.0. The fourth-order valence-corrected chi connectivity index (χ4v) is 1.59. The second-order valence-corrected chi connectivity index (χ2v) is 4.84. The van der Waals surface area contributed by atoms with Gasteiger partial charge in [0, 0.05) is 10.0 Å². The molecular weight excluding hydrogens is 272 g/mol. The third kappa shape index (κ3) is 3.47. The molecule has 0 aliphatic heterocycles. The van der Waals surface area contributed by atoms with Crippen LogP contribution in [0.5, 0.6) is 5.75 Å². The Balaban J connectivity index is 2.96. The van der Waals surface area contributed by atoms with Gasteiger partial charge in [0.1, 0.15) is 11.9 Å². The van der Waals surface area contributed by atoms with E-state index in [-0.39, 0.29) is 6.10 Å². The summed E-state index contributed by atoms with van der Waals surface area (Å²) in [6, 6.07) is 5.45. The minimum Gasteiger partial charge on any atom is -0.488 e. The molecule has 1 aromatic rings. The van der Waals surface area contributed by atoms with Crippen LogP contribution in [0, 0.1) is 0 Å². The van der Waals surface area contributed by atoms with Crippen LogP contribution in [0.2, 0.25) is 0 Å². The second-order valence-electron chi connectivity index (χ2n) is 3.92. The molecule has 3 atom stereocenters. The molecule has 0 saturated carbocycles. The van der Waals surface area contributed by atoms with Gasteiger partial charge in [-0.15, -0.1) is 0 Å². The maximum atomic E-state index is 9.59. The lowest BCUT2D eigenvalue weighted by Crippen LogP contribution is -2.26. The Kier molecular flexibility index (Phi) is 4.77. The van der Waals surface area contributed by atoms with Crippen LogP contribution >= 0.6 is 15.9 Å². The summed E-state index contributed by atoms with van der Waals surface area (Å²) in [6.07, 6.45) is -1.46. The number of hydrogen-bond acceptors (Lipinski definition) is 3. The van der Waals surface area contributed by atoms with E-state index in [1.165, 1.54) is 0 Å². The number of ether oxygens (including phenoxy) is 1. The van der Waals surface area contributed by atoms with E-state index in [1.54, 1.807) is 32.9 Å². The molecule has 1 aromatic carbocycles. The summed E-state index contributed by atoms with van der Waals surface area (Å²) < 4.78 is 6.49. The van der Waals surface area contributed by atoms with Gasteiger partial charge >= 0.3 is 0 Å². The average molecular weight is 289 g/mol. The first-order valence-corrected chi connectivity index (χ1v) is 6.03. The summed E-state index contributed by atoms with van der Waals surface area (Å²) in [6.45, 7) is 5.14. The van der Waals surface area contributed by atoms with E-state index in [1.807, 2.05) is 6.07 Å². The Morgan fingerprint density at radius 3 is 2.31 bits per heavy atom. The molecule has 16 heavy (non-hydrogen) atoms. The Labute approximate surface area is 104 Å². The maximum absolute atomic E-state index is 9.59. The molecule has 0 aliphatic rings. The molecular formula is C12H17BrO3. The summed E-state index contributed by atoms with van der Waals surface area (Å²) in [4.78, 5) is 0. The van der Waals surface area contributed by atoms with Crippen molar-refractivity contribution in [2.45, 2.75) is 39.1 Å². The topological polar surface area (TPSA) is 49.7 Å². The number of aliphatic hydroxyl groups excluding tert-OH is 2. The first-order valence-electron chi connectivity index (χ1n) is 5.24. The van der Waals surface area contributed by atoms with Crippen LogP contribution < -0.4 is 4.74 Å². The lowest BCUT2D eigenvalue weighted by molar-refractivity contribution is 0.0577.